The predicted molar refractivity (Wildman–Crippen MR) is 60.5 cm³/mol. The number of hydrogen-bond donors (Lipinski definition) is 1. The van der Waals surface area contributed by atoms with Crippen LogP contribution in [0, 0.1) is 0 Å². The standard InChI is InChI=1S/C13H19N/c1-9(2)11-4-3-10-5-6-13(14)8-12(10)7-11/h3-4,7,9,13H,5-6,8,14H2,1-2H3/t13-/m1/s1. The van der Waals surface area contributed by atoms with Gasteiger partial charge in [-0.05, 0) is 41.9 Å². The van der Waals surface area contributed by atoms with Crippen LogP contribution in [0.5, 0.6) is 0 Å². The van der Waals surface area contributed by atoms with Crippen LogP contribution in [-0.2, 0) is 12.8 Å². The highest BCUT2D eigenvalue weighted by molar-refractivity contribution is 5.35. The zero-order valence-corrected chi connectivity index (χ0v) is 9.09. The fraction of sp³-hybridized carbons (Fsp3) is 0.538. The van der Waals surface area contributed by atoms with Crippen LogP contribution in [0.2, 0.25) is 0 Å². The Labute approximate surface area is 86.3 Å². The van der Waals surface area contributed by atoms with Crippen molar-refractivity contribution in [2.24, 2.45) is 5.73 Å². The molecule has 1 aromatic rings. The summed E-state index contributed by atoms with van der Waals surface area (Å²) in [7, 11) is 0. The van der Waals surface area contributed by atoms with Gasteiger partial charge >= 0.3 is 0 Å². The second-order valence-corrected chi connectivity index (χ2v) is 4.69. The molecule has 0 unspecified atom stereocenters. The lowest BCUT2D eigenvalue weighted by Gasteiger charge is -2.22. The minimum Gasteiger partial charge on any atom is -0.327 e. The molecule has 0 saturated carbocycles. The smallest absolute Gasteiger partial charge is 0.00825 e. The van der Waals surface area contributed by atoms with Gasteiger partial charge < -0.3 is 5.73 Å². The summed E-state index contributed by atoms with van der Waals surface area (Å²) in [6.45, 7) is 4.48. The Morgan fingerprint density at radius 2 is 2.07 bits per heavy atom. The van der Waals surface area contributed by atoms with Crippen molar-refractivity contribution >= 4 is 0 Å². The summed E-state index contributed by atoms with van der Waals surface area (Å²) in [5, 5.41) is 0. The van der Waals surface area contributed by atoms with E-state index >= 15 is 0 Å². The first-order chi connectivity index (χ1) is 6.66. The van der Waals surface area contributed by atoms with Crippen molar-refractivity contribution in [3.8, 4) is 0 Å². The lowest BCUT2D eigenvalue weighted by atomic mass is 9.86. The Kier molecular flexibility index (Phi) is 2.60. The van der Waals surface area contributed by atoms with Crippen LogP contribution >= 0.6 is 0 Å². The quantitative estimate of drug-likeness (QED) is 0.722. The van der Waals surface area contributed by atoms with E-state index in [1.807, 2.05) is 0 Å². The van der Waals surface area contributed by atoms with Crippen LogP contribution in [0.25, 0.3) is 0 Å². The summed E-state index contributed by atoms with van der Waals surface area (Å²) in [6, 6.07) is 7.28. The molecule has 0 fully saturated rings. The summed E-state index contributed by atoms with van der Waals surface area (Å²) < 4.78 is 0. The van der Waals surface area contributed by atoms with E-state index in [1.54, 1.807) is 0 Å². The van der Waals surface area contributed by atoms with Gasteiger partial charge in [0, 0.05) is 6.04 Å². The second-order valence-electron chi connectivity index (χ2n) is 4.69. The first kappa shape index (κ1) is 9.72. The van der Waals surface area contributed by atoms with Crippen LogP contribution in [0.3, 0.4) is 0 Å². The SMILES string of the molecule is CC(C)c1ccc2c(c1)C[C@H](N)CC2. The Hall–Kier alpha value is -0.820. The molecule has 76 valence electrons. The topological polar surface area (TPSA) is 26.0 Å². The Morgan fingerprint density at radius 1 is 1.29 bits per heavy atom. The second kappa shape index (κ2) is 3.74. The number of benzene rings is 1. The molecule has 0 saturated heterocycles. The molecule has 1 nitrogen and oxygen atoms in total. The molecule has 1 aromatic carbocycles. The summed E-state index contributed by atoms with van der Waals surface area (Å²) in [4.78, 5) is 0. The predicted octanol–water partition coefficient (Wildman–Crippen LogP) is 2.63. The summed E-state index contributed by atoms with van der Waals surface area (Å²) >= 11 is 0. The van der Waals surface area contributed by atoms with Crippen LogP contribution in [0.1, 0.15) is 42.9 Å². The van der Waals surface area contributed by atoms with Gasteiger partial charge in [-0.3, -0.25) is 0 Å². The van der Waals surface area contributed by atoms with Crippen molar-refractivity contribution in [3.05, 3.63) is 34.9 Å². The average molecular weight is 189 g/mol. The van der Waals surface area contributed by atoms with E-state index in [-0.39, 0.29) is 0 Å². The van der Waals surface area contributed by atoms with Crippen LogP contribution < -0.4 is 5.73 Å². The summed E-state index contributed by atoms with van der Waals surface area (Å²) in [6.07, 6.45) is 3.37. The lowest BCUT2D eigenvalue weighted by Crippen LogP contribution is -2.27. The van der Waals surface area contributed by atoms with Gasteiger partial charge in [0.05, 0.1) is 0 Å². The highest BCUT2D eigenvalue weighted by Gasteiger charge is 2.15. The van der Waals surface area contributed by atoms with Crippen molar-refractivity contribution < 1.29 is 0 Å². The van der Waals surface area contributed by atoms with Crippen molar-refractivity contribution in [1.29, 1.82) is 0 Å². The number of rotatable bonds is 1. The fourth-order valence-electron chi connectivity index (χ4n) is 2.16. The van der Waals surface area contributed by atoms with Crippen molar-refractivity contribution in [3.63, 3.8) is 0 Å². The fourth-order valence-corrected chi connectivity index (χ4v) is 2.16. The molecule has 0 radical (unpaired) electrons. The van der Waals surface area contributed by atoms with Gasteiger partial charge in [0.2, 0.25) is 0 Å². The largest absolute Gasteiger partial charge is 0.327 e. The molecule has 0 aromatic heterocycles. The van der Waals surface area contributed by atoms with Crippen LogP contribution in [0.15, 0.2) is 18.2 Å². The van der Waals surface area contributed by atoms with Crippen molar-refractivity contribution in [2.75, 3.05) is 0 Å². The molecule has 0 spiro atoms. The summed E-state index contributed by atoms with van der Waals surface area (Å²) in [5.74, 6) is 0.624. The van der Waals surface area contributed by atoms with E-state index in [0.29, 0.717) is 12.0 Å². The normalized spacial score (nSPS) is 21.0. The van der Waals surface area contributed by atoms with Gasteiger partial charge in [0.15, 0.2) is 0 Å². The first-order valence-corrected chi connectivity index (χ1v) is 5.54. The zero-order valence-electron chi connectivity index (χ0n) is 9.09. The van der Waals surface area contributed by atoms with Gasteiger partial charge in [0.1, 0.15) is 0 Å². The minimum absolute atomic E-state index is 0.380. The molecule has 1 aliphatic rings. The highest BCUT2D eigenvalue weighted by atomic mass is 14.6. The lowest BCUT2D eigenvalue weighted by molar-refractivity contribution is 0.575. The molecule has 1 aliphatic carbocycles. The third kappa shape index (κ3) is 1.83. The molecule has 0 bridgehead atoms. The maximum atomic E-state index is 5.98. The molecule has 1 atom stereocenters. The third-order valence-corrected chi connectivity index (χ3v) is 3.16. The molecule has 0 aliphatic heterocycles. The van der Waals surface area contributed by atoms with E-state index < -0.39 is 0 Å². The molecule has 2 rings (SSSR count). The molecular formula is C13H19N. The van der Waals surface area contributed by atoms with E-state index in [4.69, 9.17) is 5.73 Å². The average Bonchev–Trinajstić information content (AvgIpc) is 2.16. The molecular weight excluding hydrogens is 170 g/mol. The third-order valence-electron chi connectivity index (χ3n) is 3.16. The number of hydrogen-bond acceptors (Lipinski definition) is 1. The maximum Gasteiger partial charge on any atom is 0.00825 e. The highest BCUT2D eigenvalue weighted by Crippen LogP contribution is 2.24. The van der Waals surface area contributed by atoms with E-state index in [2.05, 4.69) is 32.0 Å². The van der Waals surface area contributed by atoms with Gasteiger partial charge in [-0.2, -0.15) is 0 Å². The van der Waals surface area contributed by atoms with Crippen LogP contribution in [-0.4, -0.2) is 6.04 Å². The summed E-state index contributed by atoms with van der Waals surface area (Å²) in [5.41, 5.74) is 10.4. The van der Waals surface area contributed by atoms with Gasteiger partial charge in [0.25, 0.3) is 0 Å². The number of aryl methyl sites for hydroxylation is 1. The molecule has 0 amide bonds. The Morgan fingerprint density at radius 3 is 2.79 bits per heavy atom. The monoisotopic (exact) mass is 189 g/mol. The zero-order chi connectivity index (χ0) is 10.1. The van der Waals surface area contributed by atoms with Crippen LogP contribution in [0.4, 0.5) is 0 Å². The van der Waals surface area contributed by atoms with E-state index in [9.17, 15) is 0 Å². The molecule has 14 heavy (non-hydrogen) atoms. The first-order valence-electron chi connectivity index (χ1n) is 5.54. The Balaban J connectivity index is 2.33. The van der Waals surface area contributed by atoms with Crippen molar-refractivity contribution in [1.82, 2.24) is 0 Å². The van der Waals surface area contributed by atoms with Gasteiger partial charge in [-0.25, -0.2) is 0 Å². The van der Waals surface area contributed by atoms with Gasteiger partial charge in [-0.1, -0.05) is 32.0 Å². The number of fused-ring (bicyclic) bond motifs is 1. The minimum atomic E-state index is 0.380. The molecule has 1 heteroatoms. The molecule has 0 heterocycles. The maximum absolute atomic E-state index is 5.98. The number of nitrogens with two attached hydrogens (primary N) is 1. The molecule has 2 N–H and O–H groups in total. The Bertz CT molecular complexity index is 328. The van der Waals surface area contributed by atoms with Crippen molar-refractivity contribution in [2.45, 2.75) is 45.1 Å². The van der Waals surface area contributed by atoms with Gasteiger partial charge in [-0.15, -0.1) is 0 Å². The van der Waals surface area contributed by atoms with E-state index in [1.165, 1.54) is 16.7 Å². The van der Waals surface area contributed by atoms with E-state index in [0.717, 1.165) is 19.3 Å².